The highest BCUT2D eigenvalue weighted by atomic mass is 79.9. The highest BCUT2D eigenvalue weighted by Gasteiger charge is 2.19. The van der Waals surface area contributed by atoms with Crippen LogP contribution in [0, 0.1) is 19.8 Å². The number of halogens is 2. The first-order valence-corrected chi connectivity index (χ1v) is 8.78. The first-order chi connectivity index (χ1) is 9.08. The van der Waals surface area contributed by atoms with Gasteiger partial charge in [-0.1, -0.05) is 72.1 Å². The lowest BCUT2D eigenvalue weighted by molar-refractivity contribution is 0.427. The molecule has 1 saturated carbocycles. The van der Waals surface area contributed by atoms with Crippen LogP contribution in [0.1, 0.15) is 66.5 Å². The van der Waals surface area contributed by atoms with Crippen LogP contribution >= 0.6 is 27.5 Å². The van der Waals surface area contributed by atoms with Gasteiger partial charge in [0.25, 0.3) is 0 Å². The molecule has 0 amide bonds. The van der Waals surface area contributed by atoms with Crippen LogP contribution in [-0.4, -0.2) is 0 Å². The van der Waals surface area contributed by atoms with Crippen molar-refractivity contribution in [1.82, 2.24) is 0 Å². The predicted molar refractivity (Wildman–Crippen MR) is 88.4 cm³/mol. The average Bonchev–Trinajstić information content (AvgIpc) is 2.62. The summed E-state index contributed by atoms with van der Waals surface area (Å²) in [6.07, 6.45) is 9.79. The zero-order valence-corrected chi connectivity index (χ0v) is 14.4. The van der Waals surface area contributed by atoms with Crippen LogP contribution < -0.4 is 0 Å². The summed E-state index contributed by atoms with van der Waals surface area (Å²) in [5.41, 5.74) is 3.92. The summed E-state index contributed by atoms with van der Waals surface area (Å²) in [6, 6.07) is 4.36. The van der Waals surface area contributed by atoms with Crippen molar-refractivity contribution >= 4 is 27.5 Å². The zero-order valence-electron chi connectivity index (χ0n) is 12.0. The molecule has 0 heterocycles. The van der Waals surface area contributed by atoms with Gasteiger partial charge >= 0.3 is 0 Å². The SMILES string of the molecule is Cc1cc(C(Br)CC2CCCCCC2)c(C)cc1Cl. The maximum absolute atomic E-state index is 6.19. The van der Waals surface area contributed by atoms with Crippen molar-refractivity contribution in [2.24, 2.45) is 5.92 Å². The second kappa shape index (κ2) is 7.13. The first-order valence-electron chi connectivity index (χ1n) is 7.48. The molecule has 2 rings (SSSR count). The van der Waals surface area contributed by atoms with Gasteiger partial charge in [-0.3, -0.25) is 0 Å². The Morgan fingerprint density at radius 2 is 1.74 bits per heavy atom. The van der Waals surface area contributed by atoms with E-state index in [4.69, 9.17) is 11.6 Å². The third-order valence-electron chi connectivity index (χ3n) is 4.40. The van der Waals surface area contributed by atoms with E-state index in [1.54, 1.807) is 0 Å². The standard InChI is InChI=1S/C17H24BrCl/c1-12-10-17(19)13(2)9-15(12)16(18)11-14-7-5-3-4-6-8-14/h9-10,14,16H,3-8,11H2,1-2H3. The average molecular weight is 344 g/mol. The molecule has 0 spiro atoms. The van der Waals surface area contributed by atoms with E-state index in [1.807, 2.05) is 0 Å². The number of alkyl halides is 1. The molecule has 0 aliphatic heterocycles. The maximum Gasteiger partial charge on any atom is 0.0438 e. The lowest BCUT2D eigenvalue weighted by atomic mass is 9.91. The summed E-state index contributed by atoms with van der Waals surface area (Å²) < 4.78 is 0. The summed E-state index contributed by atoms with van der Waals surface area (Å²) in [7, 11) is 0. The quantitative estimate of drug-likeness (QED) is 0.420. The van der Waals surface area contributed by atoms with Crippen LogP contribution in [0.4, 0.5) is 0 Å². The third-order valence-corrected chi connectivity index (χ3v) is 5.67. The Kier molecular flexibility index (Phi) is 5.77. The minimum absolute atomic E-state index is 0.478. The van der Waals surface area contributed by atoms with Crippen molar-refractivity contribution in [3.63, 3.8) is 0 Å². The van der Waals surface area contributed by atoms with Crippen molar-refractivity contribution in [1.29, 1.82) is 0 Å². The molecule has 0 aromatic heterocycles. The Balaban J connectivity index is 2.06. The summed E-state index contributed by atoms with van der Waals surface area (Å²) in [5, 5.41) is 0.885. The fraction of sp³-hybridized carbons (Fsp3) is 0.647. The second-order valence-corrected chi connectivity index (χ2v) is 7.53. The number of benzene rings is 1. The molecule has 0 bridgehead atoms. The largest absolute Gasteiger partial charge is 0.0840 e. The van der Waals surface area contributed by atoms with Gasteiger partial charge in [-0.25, -0.2) is 0 Å². The molecule has 1 unspecified atom stereocenters. The van der Waals surface area contributed by atoms with Crippen LogP contribution in [0.3, 0.4) is 0 Å². The smallest absolute Gasteiger partial charge is 0.0438 e. The summed E-state index contributed by atoms with van der Waals surface area (Å²) in [4.78, 5) is 0.478. The summed E-state index contributed by atoms with van der Waals surface area (Å²) in [6.45, 7) is 4.26. The second-order valence-electron chi connectivity index (χ2n) is 6.02. The van der Waals surface area contributed by atoms with Crippen molar-refractivity contribution in [3.8, 4) is 0 Å². The molecule has 1 aromatic rings. The number of aryl methyl sites for hydroxylation is 2. The zero-order chi connectivity index (χ0) is 13.8. The van der Waals surface area contributed by atoms with Crippen molar-refractivity contribution in [3.05, 3.63) is 33.8 Å². The Morgan fingerprint density at radius 1 is 1.11 bits per heavy atom. The Bertz CT molecular complexity index is 420. The molecule has 1 aliphatic rings. The number of hydrogen-bond acceptors (Lipinski definition) is 0. The highest BCUT2D eigenvalue weighted by molar-refractivity contribution is 9.09. The van der Waals surface area contributed by atoms with E-state index in [9.17, 15) is 0 Å². The van der Waals surface area contributed by atoms with E-state index in [2.05, 4.69) is 41.9 Å². The van der Waals surface area contributed by atoms with Crippen LogP contribution in [0.15, 0.2) is 12.1 Å². The van der Waals surface area contributed by atoms with E-state index < -0.39 is 0 Å². The molecule has 1 aromatic carbocycles. The van der Waals surface area contributed by atoms with Gasteiger partial charge in [0.05, 0.1) is 0 Å². The van der Waals surface area contributed by atoms with Gasteiger partial charge in [-0.05, 0) is 48.9 Å². The monoisotopic (exact) mass is 342 g/mol. The molecule has 0 saturated heterocycles. The normalized spacial score (nSPS) is 19.2. The molecule has 106 valence electrons. The van der Waals surface area contributed by atoms with Gasteiger partial charge in [-0.15, -0.1) is 0 Å². The van der Waals surface area contributed by atoms with E-state index in [-0.39, 0.29) is 0 Å². The van der Waals surface area contributed by atoms with E-state index in [1.165, 1.54) is 61.6 Å². The Labute approximate surface area is 131 Å². The van der Waals surface area contributed by atoms with Gasteiger partial charge in [0.2, 0.25) is 0 Å². The minimum atomic E-state index is 0.478. The topological polar surface area (TPSA) is 0 Å². The number of rotatable bonds is 3. The third kappa shape index (κ3) is 4.23. The molecule has 1 fully saturated rings. The van der Waals surface area contributed by atoms with Crippen LogP contribution in [0.25, 0.3) is 0 Å². The lowest BCUT2D eigenvalue weighted by Gasteiger charge is -2.20. The van der Waals surface area contributed by atoms with Gasteiger partial charge < -0.3 is 0 Å². The first kappa shape index (κ1) is 15.4. The van der Waals surface area contributed by atoms with E-state index in [0.717, 1.165) is 10.9 Å². The summed E-state index contributed by atoms with van der Waals surface area (Å²) in [5.74, 6) is 0.891. The Morgan fingerprint density at radius 3 is 2.37 bits per heavy atom. The van der Waals surface area contributed by atoms with Crippen LogP contribution in [0.2, 0.25) is 5.02 Å². The molecule has 19 heavy (non-hydrogen) atoms. The number of hydrogen-bond donors (Lipinski definition) is 0. The lowest BCUT2D eigenvalue weighted by Crippen LogP contribution is -2.04. The van der Waals surface area contributed by atoms with E-state index in [0.29, 0.717) is 4.83 Å². The molecular formula is C17H24BrCl. The highest BCUT2D eigenvalue weighted by Crippen LogP contribution is 2.38. The van der Waals surface area contributed by atoms with Crippen molar-refractivity contribution in [2.75, 3.05) is 0 Å². The van der Waals surface area contributed by atoms with E-state index >= 15 is 0 Å². The predicted octanol–water partition coefficient (Wildman–Crippen LogP) is 6.75. The molecule has 1 aliphatic carbocycles. The molecule has 0 nitrogen and oxygen atoms in total. The molecule has 1 atom stereocenters. The van der Waals surface area contributed by atoms with Crippen LogP contribution in [0.5, 0.6) is 0 Å². The molecule has 0 N–H and O–H groups in total. The van der Waals surface area contributed by atoms with Gasteiger partial charge in [0.15, 0.2) is 0 Å². The maximum atomic E-state index is 6.19. The van der Waals surface area contributed by atoms with Crippen LogP contribution in [-0.2, 0) is 0 Å². The molecular weight excluding hydrogens is 320 g/mol. The van der Waals surface area contributed by atoms with Gasteiger partial charge in [0.1, 0.15) is 0 Å². The minimum Gasteiger partial charge on any atom is -0.0840 e. The van der Waals surface area contributed by atoms with Gasteiger partial charge in [-0.2, -0.15) is 0 Å². The fourth-order valence-corrected chi connectivity index (χ4v) is 4.40. The Hall–Kier alpha value is -0.0100. The summed E-state index contributed by atoms with van der Waals surface area (Å²) >= 11 is 10.1. The van der Waals surface area contributed by atoms with Crippen molar-refractivity contribution < 1.29 is 0 Å². The van der Waals surface area contributed by atoms with Crippen molar-refractivity contribution in [2.45, 2.75) is 63.6 Å². The van der Waals surface area contributed by atoms with Gasteiger partial charge in [0, 0.05) is 9.85 Å². The fourth-order valence-electron chi connectivity index (χ4n) is 3.16. The molecule has 2 heteroatoms. The molecule has 0 radical (unpaired) electrons.